The second-order valence-corrected chi connectivity index (χ2v) is 8.18. The Labute approximate surface area is 174 Å². The van der Waals surface area contributed by atoms with Crippen molar-refractivity contribution in [2.24, 2.45) is 0 Å². The Morgan fingerprint density at radius 1 is 1.10 bits per heavy atom. The van der Waals surface area contributed by atoms with Crippen molar-refractivity contribution in [2.45, 2.75) is 51.9 Å². The van der Waals surface area contributed by atoms with Gasteiger partial charge in [0.05, 0.1) is 17.6 Å². The van der Waals surface area contributed by atoms with Crippen molar-refractivity contribution in [3.8, 4) is 0 Å². The van der Waals surface area contributed by atoms with Crippen LogP contribution < -0.4 is 11.3 Å². The molecule has 1 aromatic carbocycles. The average Bonchev–Trinajstić information content (AvgIpc) is 3.11. The van der Waals surface area contributed by atoms with Gasteiger partial charge < -0.3 is 10.5 Å². The van der Waals surface area contributed by atoms with E-state index < -0.39 is 0 Å². The number of aromatic amines is 1. The molecule has 0 aliphatic heterocycles. The Hall–Kier alpha value is -2.67. The van der Waals surface area contributed by atoms with Gasteiger partial charge in [0.2, 0.25) is 5.95 Å². The normalized spacial score (nSPS) is 11.1. The van der Waals surface area contributed by atoms with Crippen molar-refractivity contribution >= 4 is 33.5 Å². The number of aromatic nitrogens is 2. The van der Waals surface area contributed by atoms with E-state index in [1.165, 1.54) is 29.7 Å². The topological polar surface area (TPSA) is 98.1 Å². The van der Waals surface area contributed by atoms with Crippen LogP contribution in [0.15, 0.2) is 35.1 Å². The maximum atomic E-state index is 11.9. The highest BCUT2D eigenvalue weighted by molar-refractivity contribution is 7.18. The predicted molar refractivity (Wildman–Crippen MR) is 118 cm³/mol. The number of benzene rings is 1. The monoisotopic (exact) mass is 413 g/mol. The number of anilines is 1. The maximum Gasteiger partial charge on any atom is 0.338 e. The van der Waals surface area contributed by atoms with E-state index in [1.54, 1.807) is 11.3 Å². The summed E-state index contributed by atoms with van der Waals surface area (Å²) < 4.78 is 5.00. The number of hydrogen-bond donors (Lipinski definition) is 2. The van der Waals surface area contributed by atoms with Crippen LogP contribution in [-0.2, 0) is 17.6 Å². The summed E-state index contributed by atoms with van der Waals surface area (Å²) in [6.45, 7) is 2.20. The van der Waals surface area contributed by atoms with Crippen LogP contribution in [0.25, 0.3) is 10.2 Å². The molecule has 0 amide bonds. The van der Waals surface area contributed by atoms with E-state index in [0.717, 1.165) is 30.5 Å². The number of nitrogens with two attached hydrogens (primary N) is 1. The fourth-order valence-electron chi connectivity index (χ4n) is 3.30. The molecule has 0 spiro atoms. The number of ether oxygens (including phenoxy) is 1. The molecule has 3 rings (SSSR count). The van der Waals surface area contributed by atoms with E-state index >= 15 is 0 Å². The van der Waals surface area contributed by atoms with Gasteiger partial charge in [0.25, 0.3) is 5.56 Å². The zero-order chi connectivity index (χ0) is 20.6. The Morgan fingerprint density at radius 3 is 2.52 bits per heavy atom. The fraction of sp³-hybridized carbons (Fsp3) is 0.409. The number of thiophene rings is 1. The second-order valence-electron chi connectivity index (χ2n) is 7.07. The summed E-state index contributed by atoms with van der Waals surface area (Å²) in [5.74, 6) is -0.0898. The zero-order valence-corrected chi connectivity index (χ0v) is 17.5. The zero-order valence-electron chi connectivity index (χ0n) is 16.7. The highest BCUT2D eigenvalue weighted by Gasteiger charge is 2.08. The molecular weight excluding hydrogens is 386 g/mol. The highest BCUT2D eigenvalue weighted by atomic mass is 32.1. The van der Waals surface area contributed by atoms with E-state index in [-0.39, 0.29) is 17.5 Å². The number of unbranched alkanes of at least 4 members (excludes halogenated alkanes) is 4. The lowest BCUT2D eigenvalue weighted by Gasteiger charge is -2.05. The van der Waals surface area contributed by atoms with E-state index in [9.17, 15) is 9.59 Å². The molecule has 154 valence electrons. The number of carbonyl (C=O) groups is 1. The van der Waals surface area contributed by atoms with Crippen molar-refractivity contribution in [3.05, 3.63) is 56.7 Å². The number of rotatable bonds is 10. The van der Waals surface area contributed by atoms with Gasteiger partial charge in [-0.3, -0.25) is 9.78 Å². The van der Waals surface area contributed by atoms with Gasteiger partial charge in [-0.25, -0.2) is 9.78 Å². The summed E-state index contributed by atoms with van der Waals surface area (Å²) >= 11 is 1.55. The molecule has 2 aromatic heterocycles. The number of nitrogen functional groups attached to an aromatic ring is 1. The number of fused-ring (bicyclic) bond motifs is 1. The van der Waals surface area contributed by atoms with Crippen LogP contribution in [-0.4, -0.2) is 22.5 Å². The lowest BCUT2D eigenvalue weighted by atomic mass is 10.0. The Bertz CT molecular complexity index is 1010. The van der Waals surface area contributed by atoms with E-state index in [2.05, 4.69) is 9.97 Å². The van der Waals surface area contributed by atoms with Crippen LogP contribution in [0, 0.1) is 0 Å². The molecule has 0 atom stereocenters. The van der Waals surface area contributed by atoms with Crippen LogP contribution >= 0.6 is 11.3 Å². The Balaban J connectivity index is 1.34. The van der Waals surface area contributed by atoms with Crippen LogP contribution in [0.5, 0.6) is 0 Å². The van der Waals surface area contributed by atoms with E-state index in [4.69, 9.17) is 10.5 Å². The first-order valence-electron chi connectivity index (χ1n) is 10.1. The Morgan fingerprint density at radius 2 is 1.79 bits per heavy atom. The summed E-state index contributed by atoms with van der Waals surface area (Å²) in [6.07, 6.45) is 7.78. The number of aryl methyl sites for hydroxylation is 2. The maximum absolute atomic E-state index is 11.9. The summed E-state index contributed by atoms with van der Waals surface area (Å²) in [5, 5.41) is 0.633. The molecule has 0 saturated heterocycles. The molecule has 0 bridgehead atoms. The summed E-state index contributed by atoms with van der Waals surface area (Å²) in [7, 11) is 0. The van der Waals surface area contributed by atoms with Crippen molar-refractivity contribution < 1.29 is 9.53 Å². The van der Waals surface area contributed by atoms with Gasteiger partial charge >= 0.3 is 5.97 Å². The van der Waals surface area contributed by atoms with Gasteiger partial charge in [-0.15, -0.1) is 11.3 Å². The SMILES string of the molecule is CCOC(=O)c1ccc(CCCCCCCc2cc3c(=O)[nH]c(N)nc3s2)cc1. The smallest absolute Gasteiger partial charge is 0.338 e. The standard InChI is InChI=1S/C22H27N3O3S/c1-2-28-21(27)16-12-10-15(11-13-16)8-6-4-3-5-7-9-17-14-18-19(26)24-22(23)25-20(18)29-17/h10-14H,2-9H2,1H3,(H3,23,24,25,26). The number of carbonyl (C=O) groups excluding carboxylic acids is 1. The van der Waals surface area contributed by atoms with Crippen molar-refractivity contribution in [2.75, 3.05) is 12.3 Å². The number of nitrogens with one attached hydrogen (secondary N) is 1. The second kappa shape index (κ2) is 10.2. The van der Waals surface area contributed by atoms with Crippen molar-refractivity contribution in [3.63, 3.8) is 0 Å². The summed E-state index contributed by atoms with van der Waals surface area (Å²) in [5.41, 5.74) is 7.29. The molecule has 6 nitrogen and oxygen atoms in total. The minimum atomic E-state index is -0.262. The van der Waals surface area contributed by atoms with Crippen LogP contribution in [0.2, 0.25) is 0 Å². The van der Waals surface area contributed by atoms with Crippen LogP contribution in [0.3, 0.4) is 0 Å². The number of esters is 1. The fourth-order valence-corrected chi connectivity index (χ4v) is 4.38. The van der Waals surface area contributed by atoms with Gasteiger partial charge in [0, 0.05) is 4.88 Å². The van der Waals surface area contributed by atoms with Gasteiger partial charge in [-0.05, 0) is 56.4 Å². The molecule has 2 heterocycles. The minimum Gasteiger partial charge on any atom is -0.462 e. The van der Waals surface area contributed by atoms with E-state index in [0.29, 0.717) is 17.6 Å². The molecule has 0 fully saturated rings. The third-order valence-corrected chi connectivity index (χ3v) is 5.91. The van der Waals surface area contributed by atoms with Gasteiger partial charge in [0.15, 0.2) is 0 Å². The first-order valence-corrected chi connectivity index (χ1v) is 10.9. The highest BCUT2D eigenvalue weighted by Crippen LogP contribution is 2.23. The average molecular weight is 414 g/mol. The van der Waals surface area contributed by atoms with Gasteiger partial charge in [-0.2, -0.15) is 0 Å². The molecule has 0 aliphatic carbocycles. The quantitative estimate of drug-likeness (QED) is 0.377. The molecule has 0 unspecified atom stereocenters. The minimum absolute atomic E-state index is 0.162. The number of nitrogens with zero attached hydrogens (tertiary/aromatic N) is 1. The molecule has 7 heteroatoms. The molecule has 0 saturated carbocycles. The van der Waals surface area contributed by atoms with Gasteiger partial charge in [-0.1, -0.05) is 31.4 Å². The van der Waals surface area contributed by atoms with Crippen LogP contribution in [0.1, 0.15) is 59.8 Å². The predicted octanol–water partition coefficient (Wildman–Crippen LogP) is 4.48. The third-order valence-electron chi connectivity index (χ3n) is 4.83. The van der Waals surface area contributed by atoms with Crippen molar-refractivity contribution in [1.29, 1.82) is 0 Å². The number of hydrogen-bond acceptors (Lipinski definition) is 6. The summed E-state index contributed by atoms with van der Waals surface area (Å²) in [4.78, 5) is 32.2. The van der Waals surface area contributed by atoms with E-state index in [1.807, 2.05) is 37.3 Å². The van der Waals surface area contributed by atoms with Crippen LogP contribution in [0.4, 0.5) is 5.95 Å². The lowest BCUT2D eigenvalue weighted by Crippen LogP contribution is -2.09. The third kappa shape index (κ3) is 5.90. The molecular formula is C22H27N3O3S. The first-order chi connectivity index (χ1) is 14.1. The molecule has 0 radical (unpaired) electrons. The Kier molecular flexibility index (Phi) is 7.41. The lowest BCUT2D eigenvalue weighted by molar-refractivity contribution is 0.0526. The molecule has 0 aliphatic rings. The molecule has 3 N–H and O–H groups in total. The van der Waals surface area contributed by atoms with Crippen molar-refractivity contribution in [1.82, 2.24) is 9.97 Å². The summed E-state index contributed by atoms with van der Waals surface area (Å²) in [6, 6.07) is 9.63. The number of H-pyrrole nitrogens is 1. The largest absolute Gasteiger partial charge is 0.462 e. The van der Waals surface area contributed by atoms with Gasteiger partial charge in [0.1, 0.15) is 4.83 Å². The first kappa shape index (κ1) is 21.0. The molecule has 3 aromatic rings. The molecule has 29 heavy (non-hydrogen) atoms.